The minimum Gasteiger partial charge on any atom is -0.493 e. The summed E-state index contributed by atoms with van der Waals surface area (Å²) in [4.78, 5) is 25.1. The van der Waals surface area contributed by atoms with E-state index in [0.717, 1.165) is 6.42 Å². The number of benzene rings is 1. The van der Waals surface area contributed by atoms with Crippen molar-refractivity contribution in [1.82, 2.24) is 0 Å². The van der Waals surface area contributed by atoms with Gasteiger partial charge in [0.2, 0.25) is 5.78 Å². The maximum atomic E-state index is 12.7. The van der Waals surface area contributed by atoms with Gasteiger partial charge in [0.25, 0.3) is 0 Å². The molecule has 0 bridgehead atoms. The smallest absolute Gasteiger partial charge is 0.204 e. The van der Waals surface area contributed by atoms with Crippen molar-refractivity contribution in [2.75, 3.05) is 7.11 Å². The molecular formula is C17H16O3. The van der Waals surface area contributed by atoms with Crippen LogP contribution in [0.15, 0.2) is 36.1 Å². The molecule has 20 heavy (non-hydrogen) atoms. The van der Waals surface area contributed by atoms with Crippen molar-refractivity contribution in [2.45, 2.75) is 19.3 Å². The lowest BCUT2D eigenvalue weighted by Gasteiger charge is -2.57. The predicted molar refractivity (Wildman–Crippen MR) is 73.1 cm³/mol. The highest BCUT2D eigenvalue weighted by atomic mass is 16.5. The van der Waals surface area contributed by atoms with Gasteiger partial charge in [0.1, 0.15) is 0 Å². The fraction of sp³-hybridized carbons (Fsp3) is 0.412. The minimum absolute atomic E-state index is 0.0115. The second-order valence-electron chi connectivity index (χ2n) is 6.25. The van der Waals surface area contributed by atoms with Crippen LogP contribution in [0.3, 0.4) is 0 Å². The highest BCUT2D eigenvalue weighted by molar-refractivity contribution is 6.13. The van der Waals surface area contributed by atoms with Crippen molar-refractivity contribution < 1.29 is 14.3 Å². The first-order valence-electron chi connectivity index (χ1n) is 7.01. The van der Waals surface area contributed by atoms with Crippen molar-refractivity contribution in [1.29, 1.82) is 0 Å². The van der Waals surface area contributed by atoms with Crippen molar-refractivity contribution in [2.24, 2.45) is 17.3 Å². The van der Waals surface area contributed by atoms with Crippen LogP contribution in [0.5, 0.6) is 0 Å². The molecule has 3 heteroatoms. The van der Waals surface area contributed by atoms with E-state index in [1.165, 1.54) is 24.3 Å². The van der Waals surface area contributed by atoms with Crippen molar-refractivity contribution in [3.8, 4) is 0 Å². The van der Waals surface area contributed by atoms with Crippen LogP contribution >= 0.6 is 0 Å². The summed E-state index contributed by atoms with van der Waals surface area (Å²) < 4.78 is 5.12. The van der Waals surface area contributed by atoms with Crippen LogP contribution in [0.1, 0.15) is 24.0 Å². The number of fused-ring (bicyclic) bond motifs is 6. The fourth-order valence-electron chi connectivity index (χ4n) is 4.71. The number of carbonyl (C=O) groups excluding carboxylic acids is 2. The molecular weight excluding hydrogens is 252 g/mol. The highest BCUT2D eigenvalue weighted by Gasteiger charge is 2.69. The van der Waals surface area contributed by atoms with Crippen molar-refractivity contribution in [3.05, 3.63) is 47.2 Å². The Morgan fingerprint density at radius 1 is 1.20 bits per heavy atom. The van der Waals surface area contributed by atoms with Crippen LogP contribution < -0.4 is 0 Å². The van der Waals surface area contributed by atoms with Crippen molar-refractivity contribution in [3.63, 3.8) is 0 Å². The summed E-state index contributed by atoms with van der Waals surface area (Å²) in [7, 11) is 1.46. The molecule has 102 valence electrons. The fourth-order valence-corrected chi connectivity index (χ4v) is 4.71. The second-order valence-corrected chi connectivity index (χ2v) is 6.25. The number of hydrogen-bond donors (Lipinski definition) is 0. The summed E-state index contributed by atoms with van der Waals surface area (Å²) in [5.41, 5.74) is 1.92. The zero-order valence-corrected chi connectivity index (χ0v) is 11.6. The lowest BCUT2D eigenvalue weighted by Crippen LogP contribution is -2.61. The van der Waals surface area contributed by atoms with Gasteiger partial charge in [-0.1, -0.05) is 31.2 Å². The van der Waals surface area contributed by atoms with Crippen molar-refractivity contribution >= 4 is 11.6 Å². The van der Waals surface area contributed by atoms with Gasteiger partial charge in [-0.25, -0.2) is 0 Å². The first-order chi connectivity index (χ1) is 9.59. The Balaban J connectivity index is 1.86. The normalized spacial score (nSPS) is 37.5. The molecule has 2 unspecified atom stereocenters. The van der Waals surface area contributed by atoms with Crippen LogP contribution in [0, 0.1) is 17.3 Å². The predicted octanol–water partition coefficient (Wildman–Crippen LogP) is 2.26. The van der Waals surface area contributed by atoms with Gasteiger partial charge < -0.3 is 4.74 Å². The number of ether oxygens (including phenoxy) is 1. The Hall–Kier alpha value is -1.90. The molecule has 0 aliphatic heterocycles. The van der Waals surface area contributed by atoms with Crippen LogP contribution in [0.25, 0.3) is 0 Å². The van der Waals surface area contributed by atoms with Crippen LogP contribution in [0.2, 0.25) is 0 Å². The number of rotatable bonds is 1. The maximum absolute atomic E-state index is 12.7. The summed E-state index contributed by atoms with van der Waals surface area (Å²) in [6.07, 6.45) is 2.31. The third kappa shape index (κ3) is 1.13. The van der Waals surface area contributed by atoms with Gasteiger partial charge in [-0.2, -0.15) is 0 Å². The Morgan fingerprint density at radius 2 is 1.95 bits per heavy atom. The molecule has 0 radical (unpaired) electrons. The third-order valence-corrected chi connectivity index (χ3v) is 5.51. The molecule has 0 N–H and O–H groups in total. The summed E-state index contributed by atoms with van der Waals surface area (Å²) in [6, 6.07) is 8.25. The number of allylic oxidation sites excluding steroid dienone is 2. The molecule has 0 spiro atoms. The second kappa shape index (κ2) is 3.60. The average molecular weight is 268 g/mol. The monoisotopic (exact) mass is 268 g/mol. The largest absolute Gasteiger partial charge is 0.493 e. The molecule has 4 atom stereocenters. The van der Waals surface area contributed by atoms with E-state index < -0.39 is 5.41 Å². The Morgan fingerprint density at radius 3 is 2.70 bits per heavy atom. The average Bonchev–Trinajstić information content (AvgIpc) is 2.77. The van der Waals surface area contributed by atoms with Crippen LogP contribution in [-0.2, 0) is 20.7 Å². The van der Waals surface area contributed by atoms with Crippen LogP contribution in [-0.4, -0.2) is 18.7 Å². The molecule has 4 rings (SSSR count). The van der Waals surface area contributed by atoms with E-state index >= 15 is 0 Å². The number of Topliss-reactive ketones (excluding diaryl/α,β-unsaturated/α-hetero) is 1. The molecule has 0 aromatic heterocycles. The van der Waals surface area contributed by atoms with E-state index in [1.807, 2.05) is 19.1 Å². The molecule has 1 saturated carbocycles. The zero-order valence-electron chi connectivity index (χ0n) is 11.6. The molecule has 0 saturated heterocycles. The first-order valence-corrected chi connectivity index (χ1v) is 7.01. The molecule has 0 heterocycles. The Kier molecular flexibility index (Phi) is 2.14. The molecule has 3 aliphatic carbocycles. The van der Waals surface area contributed by atoms with Gasteiger partial charge in [0.05, 0.1) is 12.5 Å². The molecule has 1 fully saturated rings. The summed E-state index contributed by atoms with van der Waals surface area (Å²) in [5.74, 6) is 0.533. The van der Waals surface area contributed by atoms with Gasteiger partial charge in [-0.05, 0) is 23.5 Å². The van der Waals surface area contributed by atoms with E-state index in [-0.39, 0.29) is 35.1 Å². The molecule has 3 aliphatic rings. The highest BCUT2D eigenvalue weighted by Crippen LogP contribution is 2.68. The van der Waals surface area contributed by atoms with Gasteiger partial charge >= 0.3 is 0 Å². The minimum atomic E-state index is -0.617. The number of methoxy groups -OCH3 is 1. The molecule has 3 nitrogen and oxygen atoms in total. The van der Waals surface area contributed by atoms with Crippen LogP contribution in [0.4, 0.5) is 0 Å². The molecule has 1 aromatic rings. The standard InChI is InChI=1S/C17H16O3/c1-17-14-10-6-4-3-5-9(10)7-11(14)15(17)12(18)8-13(20-2)16(17)19/h3-6,8,11,14-15H,7H2,1-2H3/t11-,14+,15?,17?/m0/s1. The van der Waals surface area contributed by atoms with E-state index in [9.17, 15) is 9.59 Å². The number of carbonyl (C=O) groups is 2. The maximum Gasteiger partial charge on any atom is 0.204 e. The van der Waals surface area contributed by atoms with E-state index in [2.05, 4.69) is 12.1 Å². The van der Waals surface area contributed by atoms with Gasteiger partial charge in [-0.15, -0.1) is 0 Å². The zero-order chi connectivity index (χ0) is 14.1. The SMILES string of the molecule is COC1=CC(=O)C2[C@H]3Cc4ccccc4[C@H]3C2(C)C1=O. The Labute approximate surface area is 117 Å². The summed E-state index contributed by atoms with van der Waals surface area (Å²) in [5, 5.41) is 0. The van der Waals surface area contributed by atoms with E-state index in [0.29, 0.717) is 0 Å². The third-order valence-electron chi connectivity index (χ3n) is 5.51. The van der Waals surface area contributed by atoms with E-state index in [1.54, 1.807) is 0 Å². The van der Waals surface area contributed by atoms with Gasteiger partial charge in [0.15, 0.2) is 11.5 Å². The summed E-state index contributed by atoms with van der Waals surface area (Å²) in [6.45, 7) is 1.94. The van der Waals surface area contributed by atoms with Gasteiger partial charge in [-0.3, -0.25) is 9.59 Å². The molecule has 0 amide bonds. The number of ketones is 2. The molecule has 1 aromatic carbocycles. The lowest BCUT2D eigenvalue weighted by molar-refractivity contribution is -0.158. The quantitative estimate of drug-likeness (QED) is 0.784. The summed E-state index contributed by atoms with van der Waals surface area (Å²) >= 11 is 0. The Bertz CT molecular complexity index is 673. The van der Waals surface area contributed by atoms with Gasteiger partial charge in [0, 0.05) is 17.9 Å². The topological polar surface area (TPSA) is 43.4 Å². The van der Waals surface area contributed by atoms with E-state index in [4.69, 9.17) is 4.74 Å². The lowest BCUT2D eigenvalue weighted by atomic mass is 9.43. The first kappa shape index (κ1) is 11.9. The number of hydrogen-bond acceptors (Lipinski definition) is 3.